The summed E-state index contributed by atoms with van der Waals surface area (Å²) in [5.74, 6) is 0. The minimum atomic E-state index is -1.47. The van der Waals surface area contributed by atoms with Gasteiger partial charge in [-0.3, -0.25) is 0 Å². The van der Waals surface area contributed by atoms with Crippen LogP contribution in [0.2, 0.25) is 0 Å². The topological polar surface area (TPSA) is 0 Å². The first-order valence-electron chi connectivity index (χ1n) is 5.36. The van der Waals surface area contributed by atoms with Gasteiger partial charge in [-0.15, -0.1) is 0 Å². The maximum absolute atomic E-state index is 5.68. The van der Waals surface area contributed by atoms with E-state index in [-0.39, 0.29) is 20.1 Å². The lowest BCUT2D eigenvalue weighted by atomic mass is 10.2. The summed E-state index contributed by atoms with van der Waals surface area (Å²) in [7, 11) is 0. The highest BCUT2D eigenvalue weighted by Gasteiger charge is 2.42. The van der Waals surface area contributed by atoms with Gasteiger partial charge >= 0.3 is 0 Å². The Bertz CT molecular complexity index is 619. The van der Waals surface area contributed by atoms with Crippen LogP contribution in [-0.2, 0) is 0 Å². The summed E-state index contributed by atoms with van der Waals surface area (Å²) in [6.45, 7) is 0. The van der Waals surface area contributed by atoms with Gasteiger partial charge in [0.05, 0.1) is 23.5 Å². The molecule has 0 N–H and O–H groups in total. The van der Waals surface area contributed by atoms with Crippen molar-refractivity contribution in [3.63, 3.8) is 0 Å². The van der Waals surface area contributed by atoms with E-state index in [2.05, 4.69) is 47.8 Å². The van der Waals surface area contributed by atoms with E-state index >= 15 is 0 Å². The SMILES string of the molecule is BrC(Br)=C(Br)c1ccccc1.ClC1=C(Cl)C(Cl)(Cl)C(Cl)=C1Cl. The van der Waals surface area contributed by atoms with Gasteiger partial charge in [-0.1, -0.05) is 99.9 Å². The van der Waals surface area contributed by atoms with Crippen LogP contribution < -0.4 is 0 Å². The van der Waals surface area contributed by atoms with Crippen LogP contribution in [0.25, 0.3) is 4.48 Å². The molecular formula is C13H5Br3Cl6. The zero-order valence-electron chi connectivity index (χ0n) is 10.3. The summed E-state index contributed by atoms with van der Waals surface area (Å²) in [4.78, 5) is 0. The van der Waals surface area contributed by atoms with Crippen LogP contribution in [0.15, 0.2) is 53.9 Å². The van der Waals surface area contributed by atoms with Crippen molar-refractivity contribution >= 4 is 122 Å². The summed E-state index contributed by atoms with van der Waals surface area (Å²) < 4.78 is 0.478. The third-order valence-corrected chi connectivity index (χ3v) is 8.17. The number of benzene rings is 1. The lowest BCUT2D eigenvalue weighted by Gasteiger charge is -2.11. The van der Waals surface area contributed by atoms with Gasteiger partial charge in [-0.25, -0.2) is 0 Å². The molecule has 2 rings (SSSR count). The Morgan fingerprint density at radius 3 is 1.45 bits per heavy atom. The number of allylic oxidation sites excluding steroid dienone is 4. The van der Waals surface area contributed by atoms with E-state index in [4.69, 9.17) is 69.6 Å². The summed E-state index contributed by atoms with van der Waals surface area (Å²) in [5.41, 5.74) is 1.15. The molecule has 0 nitrogen and oxygen atoms in total. The maximum Gasteiger partial charge on any atom is 0.191 e. The molecular weight excluding hydrogens is 609 g/mol. The van der Waals surface area contributed by atoms with Crippen molar-refractivity contribution in [2.24, 2.45) is 0 Å². The van der Waals surface area contributed by atoms with Gasteiger partial charge in [-0.2, -0.15) is 0 Å². The van der Waals surface area contributed by atoms with Crippen LogP contribution in [0.3, 0.4) is 0 Å². The standard InChI is InChI=1S/C8H5Br3.C5Cl6/c9-7(8(10)11)6-4-2-1-3-5-6;6-1-2(7)4(9)5(10,11)3(1)8/h1-5H;. The van der Waals surface area contributed by atoms with E-state index in [0.717, 1.165) is 13.4 Å². The van der Waals surface area contributed by atoms with Crippen LogP contribution in [0.1, 0.15) is 5.56 Å². The Morgan fingerprint density at radius 2 is 1.18 bits per heavy atom. The van der Waals surface area contributed by atoms with Crippen LogP contribution in [0, 0.1) is 0 Å². The second-order valence-corrected chi connectivity index (χ2v) is 10.1. The molecule has 1 aromatic carbocycles. The molecule has 0 radical (unpaired) electrons. The fraction of sp³-hybridized carbons (Fsp3) is 0.0769. The highest BCUT2D eigenvalue weighted by Crippen LogP contribution is 2.53. The molecule has 0 heterocycles. The summed E-state index contributed by atoms with van der Waals surface area (Å²) in [6, 6.07) is 10.1. The van der Waals surface area contributed by atoms with Crippen molar-refractivity contribution in [2.45, 2.75) is 4.33 Å². The van der Waals surface area contributed by atoms with Crippen molar-refractivity contribution in [1.82, 2.24) is 0 Å². The normalized spacial score (nSPS) is 16.4. The minimum absolute atomic E-state index is 0.0394. The molecule has 0 atom stereocenters. The summed E-state index contributed by atoms with van der Waals surface area (Å²) in [6.07, 6.45) is 0. The highest BCUT2D eigenvalue weighted by atomic mass is 79.9. The molecule has 0 saturated carbocycles. The molecule has 0 aliphatic heterocycles. The van der Waals surface area contributed by atoms with Gasteiger partial charge in [0, 0.05) is 4.48 Å². The smallest absolute Gasteiger partial charge is 0.0888 e. The van der Waals surface area contributed by atoms with Crippen LogP contribution >= 0.6 is 117 Å². The zero-order chi connectivity index (χ0) is 17.1. The predicted molar refractivity (Wildman–Crippen MR) is 112 cm³/mol. The largest absolute Gasteiger partial charge is 0.191 e. The molecule has 1 aromatic rings. The molecule has 1 aliphatic carbocycles. The predicted octanol–water partition coefficient (Wildman–Crippen LogP) is 9.05. The Morgan fingerprint density at radius 1 is 0.773 bits per heavy atom. The van der Waals surface area contributed by atoms with Gasteiger partial charge in [0.1, 0.15) is 0 Å². The van der Waals surface area contributed by atoms with Crippen molar-refractivity contribution < 1.29 is 0 Å². The van der Waals surface area contributed by atoms with Gasteiger partial charge < -0.3 is 0 Å². The first kappa shape index (κ1) is 21.7. The van der Waals surface area contributed by atoms with E-state index in [1.54, 1.807) is 0 Å². The average Bonchev–Trinajstić information content (AvgIpc) is 2.63. The van der Waals surface area contributed by atoms with E-state index in [9.17, 15) is 0 Å². The lowest BCUT2D eigenvalue weighted by molar-refractivity contribution is 1.24. The molecule has 9 heteroatoms. The molecule has 22 heavy (non-hydrogen) atoms. The minimum Gasteiger partial charge on any atom is -0.0888 e. The molecule has 0 unspecified atom stereocenters. The third kappa shape index (κ3) is 5.31. The molecule has 120 valence electrons. The lowest BCUT2D eigenvalue weighted by Crippen LogP contribution is -2.09. The van der Waals surface area contributed by atoms with Gasteiger partial charge in [0.25, 0.3) is 0 Å². The fourth-order valence-corrected chi connectivity index (χ4v) is 3.55. The van der Waals surface area contributed by atoms with E-state index in [1.807, 2.05) is 30.3 Å². The molecule has 0 bridgehead atoms. The van der Waals surface area contributed by atoms with Crippen LogP contribution in [0.4, 0.5) is 0 Å². The van der Waals surface area contributed by atoms with Gasteiger partial charge in [-0.05, 0) is 53.4 Å². The van der Waals surface area contributed by atoms with Crippen molar-refractivity contribution in [3.05, 3.63) is 59.4 Å². The average molecular weight is 614 g/mol. The number of hydrogen-bond acceptors (Lipinski definition) is 0. The maximum atomic E-state index is 5.68. The van der Waals surface area contributed by atoms with Gasteiger partial charge in [0.2, 0.25) is 0 Å². The highest BCUT2D eigenvalue weighted by molar-refractivity contribution is 9.29. The van der Waals surface area contributed by atoms with Crippen LogP contribution in [-0.4, -0.2) is 4.33 Å². The molecule has 1 aliphatic rings. The van der Waals surface area contributed by atoms with Crippen molar-refractivity contribution in [3.8, 4) is 0 Å². The van der Waals surface area contributed by atoms with E-state index in [0.29, 0.717) is 0 Å². The Labute approximate surface area is 183 Å². The molecule has 0 spiro atoms. The first-order chi connectivity index (χ1) is 10.1. The molecule has 0 aromatic heterocycles. The van der Waals surface area contributed by atoms with E-state index < -0.39 is 4.33 Å². The second-order valence-electron chi connectivity index (χ2n) is 3.77. The Balaban J connectivity index is 0.000000220. The summed E-state index contributed by atoms with van der Waals surface area (Å²) >= 11 is 43.9. The third-order valence-electron chi connectivity index (χ3n) is 2.32. The first-order valence-corrected chi connectivity index (χ1v) is 10.0. The Kier molecular flexibility index (Phi) is 9.21. The van der Waals surface area contributed by atoms with Crippen molar-refractivity contribution in [2.75, 3.05) is 0 Å². The van der Waals surface area contributed by atoms with Gasteiger partial charge in [0.15, 0.2) is 4.33 Å². The quantitative estimate of drug-likeness (QED) is 0.277. The fourth-order valence-electron chi connectivity index (χ4n) is 1.26. The van der Waals surface area contributed by atoms with Crippen molar-refractivity contribution in [1.29, 1.82) is 0 Å². The molecule has 0 saturated heterocycles. The number of rotatable bonds is 1. The Hall–Kier alpha value is 1.62. The summed E-state index contributed by atoms with van der Waals surface area (Å²) in [5, 5.41) is 0.279. The zero-order valence-corrected chi connectivity index (χ0v) is 19.6. The molecule has 0 fully saturated rings. The number of alkyl halides is 2. The van der Waals surface area contributed by atoms with Crippen LogP contribution in [0.5, 0.6) is 0 Å². The number of halogens is 9. The number of hydrogen-bond donors (Lipinski definition) is 0. The monoisotopic (exact) mass is 608 g/mol. The van der Waals surface area contributed by atoms with E-state index in [1.165, 1.54) is 0 Å². The molecule has 0 amide bonds. The second kappa shape index (κ2) is 9.35.